The van der Waals surface area contributed by atoms with Crippen molar-refractivity contribution in [3.8, 4) is 16.5 Å². The van der Waals surface area contributed by atoms with Gasteiger partial charge in [0.2, 0.25) is 10.0 Å². The summed E-state index contributed by atoms with van der Waals surface area (Å²) in [5.41, 5.74) is -0.00155. The molecule has 3 aromatic rings. The Kier molecular flexibility index (Phi) is 7.28. The quantitative estimate of drug-likeness (QED) is 0.386. The molecule has 0 aliphatic carbocycles. The summed E-state index contributed by atoms with van der Waals surface area (Å²) in [4.78, 5) is 8.14. The van der Waals surface area contributed by atoms with Gasteiger partial charge in [0.25, 0.3) is 11.8 Å². The van der Waals surface area contributed by atoms with Crippen molar-refractivity contribution in [2.75, 3.05) is 10.1 Å². The molecule has 0 radical (unpaired) electrons. The lowest BCUT2D eigenvalue weighted by Gasteiger charge is -2.24. The van der Waals surface area contributed by atoms with E-state index in [1.807, 2.05) is 0 Å². The highest BCUT2D eigenvalue weighted by atomic mass is 32.2. The number of pyridine rings is 1. The van der Waals surface area contributed by atoms with Crippen molar-refractivity contribution in [3.63, 3.8) is 0 Å². The molecule has 0 amide bonds. The Bertz CT molecular complexity index is 1150. The molecule has 3 aromatic heterocycles. The first kappa shape index (κ1) is 23.8. The van der Waals surface area contributed by atoms with Crippen LogP contribution in [0, 0.1) is 5.92 Å². The van der Waals surface area contributed by atoms with Gasteiger partial charge >= 0.3 is 13.0 Å². The summed E-state index contributed by atoms with van der Waals surface area (Å²) in [6.45, 7) is 0.0427. The Hall–Kier alpha value is -2.81. The molecule has 3 heterocycles. The number of thiazole rings is 1. The van der Waals surface area contributed by atoms with Gasteiger partial charge < -0.3 is 9.15 Å². The molecule has 0 unspecified atom stereocenters. The molecule has 0 spiro atoms. The highest BCUT2D eigenvalue weighted by Gasteiger charge is 2.27. The topological polar surface area (TPSA) is 111 Å². The van der Waals surface area contributed by atoms with Gasteiger partial charge in [0.1, 0.15) is 15.6 Å². The van der Waals surface area contributed by atoms with Crippen LogP contribution in [0.4, 0.5) is 23.2 Å². The molecule has 32 heavy (non-hydrogen) atoms. The maximum Gasteiger partial charge on any atom is 0.387 e. The highest BCUT2D eigenvalue weighted by molar-refractivity contribution is 7.92. The second kappa shape index (κ2) is 9.77. The number of anilines is 1. The molecule has 0 saturated heterocycles. The standard InChI is InChI=1S/C17H17F4N5O4S2/c1-9(2)8-32(27,28)26(10-3-11(5-22-4-10)29-17(20)21)7-13-23-6-12(31-13)15-24-25-16(30-15)14(18)19/h3-6,9,14,17H,7-8H2,1-2H3. The Morgan fingerprint density at radius 3 is 2.53 bits per heavy atom. The third kappa shape index (κ3) is 5.91. The summed E-state index contributed by atoms with van der Waals surface area (Å²) < 4.78 is 86.6. The molecule has 0 aromatic carbocycles. The van der Waals surface area contributed by atoms with Crippen LogP contribution >= 0.6 is 11.3 Å². The maximum atomic E-state index is 13.0. The van der Waals surface area contributed by atoms with E-state index in [2.05, 4.69) is 24.9 Å². The molecule has 0 bridgehead atoms. The minimum atomic E-state index is -3.91. The van der Waals surface area contributed by atoms with Crippen LogP contribution in [0.2, 0.25) is 0 Å². The Balaban J connectivity index is 1.92. The predicted octanol–water partition coefficient (Wildman–Crippen LogP) is 4.12. The number of hydrogen-bond donors (Lipinski definition) is 0. The van der Waals surface area contributed by atoms with E-state index in [0.29, 0.717) is 0 Å². The fourth-order valence-electron chi connectivity index (χ4n) is 2.60. The lowest BCUT2D eigenvalue weighted by Crippen LogP contribution is -2.34. The summed E-state index contributed by atoms with van der Waals surface area (Å²) >= 11 is 0.954. The number of hydrogen-bond acceptors (Lipinski definition) is 9. The number of sulfonamides is 1. The lowest BCUT2D eigenvalue weighted by molar-refractivity contribution is -0.0500. The Labute approximate surface area is 184 Å². The molecule has 0 N–H and O–H groups in total. The van der Waals surface area contributed by atoms with Crippen molar-refractivity contribution in [2.24, 2.45) is 5.92 Å². The largest absolute Gasteiger partial charge is 0.433 e. The average molecular weight is 495 g/mol. The number of halogens is 4. The summed E-state index contributed by atoms with van der Waals surface area (Å²) in [7, 11) is -3.91. The van der Waals surface area contributed by atoms with Crippen molar-refractivity contribution in [1.82, 2.24) is 20.2 Å². The Morgan fingerprint density at radius 2 is 1.91 bits per heavy atom. The van der Waals surface area contributed by atoms with Gasteiger partial charge in [-0.1, -0.05) is 13.8 Å². The molecule has 0 saturated carbocycles. The van der Waals surface area contributed by atoms with Gasteiger partial charge in [-0.2, -0.15) is 17.6 Å². The molecule has 15 heteroatoms. The van der Waals surface area contributed by atoms with E-state index in [1.54, 1.807) is 13.8 Å². The minimum absolute atomic E-state index is 0.00155. The van der Waals surface area contributed by atoms with Crippen molar-refractivity contribution in [1.29, 1.82) is 0 Å². The number of ether oxygens (including phenoxy) is 1. The number of aromatic nitrogens is 4. The molecule has 0 aliphatic heterocycles. The number of nitrogens with zero attached hydrogens (tertiary/aromatic N) is 5. The fourth-order valence-corrected chi connectivity index (χ4v) is 5.27. The first-order chi connectivity index (χ1) is 15.0. The average Bonchev–Trinajstić information content (AvgIpc) is 3.34. The van der Waals surface area contributed by atoms with Crippen molar-refractivity contribution >= 4 is 27.0 Å². The third-order valence-electron chi connectivity index (χ3n) is 3.76. The van der Waals surface area contributed by atoms with Crippen LogP contribution in [0.3, 0.4) is 0 Å². The SMILES string of the molecule is CC(C)CS(=O)(=O)N(Cc1ncc(-c2nnc(C(F)F)o2)s1)c1cncc(OC(F)F)c1. The molecule has 0 aliphatic rings. The monoisotopic (exact) mass is 495 g/mol. The maximum absolute atomic E-state index is 13.0. The van der Waals surface area contributed by atoms with Gasteiger partial charge in [-0.15, -0.1) is 21.5 Å². The molecular weight excluding hydrogens is 478 g/mol. The van der Waals surface area contributed by atoms with Crippen LogP contribution in [0.15, 0.2) is 29.1 Å². The van der Waals surface area contributed by atoms with Gasteiger partial charge in [0.05, 0.1) is 36.6 Å². The van der Waals surface area contributed by atoms with E-state index in [-0.39, 0.29) is 45.4 Å². The predicted molar refractivity (Wildman–Crippen MR) is 106 cm³/mol. The summed E-state index contributed by atoms with van der Waals surface area (Å²) in [5, 5.41) is 7.04. The summed E-state index contributed by atoms with van der Waals surface area (Å²) in [6, 6.07) is 1.12. The zero-order valence-corrected chi connectivity index (χ0v) is 18.3. The van der Waals surface area contributed by atoms with Crippen LogP contribution in [0.5, 0.6) is 5.75 Å². The normalized spacial score (nSPS) is 12.2. The van der Waals surface area contributed by atoms with Crippen molar-refractivity contribution < 1.29 is 35.1 Å². The van der Waals surface area contributed by atoms with Gasteiger partial charge in [-0.3, -0.25) is 9.29 Å². The molecule has 3 rings (SSSR count). The fraction of sp³-hybridized carbons (Fsp3) is 0.412. The smallest absolute Gasteiger partial charge is 0.387 e. The lowest BCUT2D eigenvalue weighted by atomic mass is 10.3. The van der Waals surface area contributed by atoms with E-state index in [4.69, 9.17) is 4.42 Å². The summed E-state index contributed by atoms with van der Waals surface area (Å²) in [5.74, 6) is -1.80. The van der Waals surface area contributed by atoms with Gasteiger partial charge in [-0.25, -0.2) is 13.4 Å². The molecule has 0 fully saturated rings. The van der Waals surface area contributed by atoms with Crippen molar-refractivity contribution in [3.05, 3.63) is 35.6 Å². The van der Waals surface area contributed by atoms with Crippen LogP contribution in [0.25, 0.3) is 10.8 Å². The second-order valence-corrected chi connectivity index (χ2v) is 9.85. The summed E-state index contributed by atoms with van der Waals surface area (Å²) in [6.07, 6.45) is 0.568. The first-order valence-electron chi connectivity index (χ1n) is 9.02. The number of rotatable bonds is 10. The van der Waals surface area contributed by atoms with E-state index < -0.39 is 29.0 Å². The minimum Gasteiger partial charge on any atom is -0.433 e. The van der Waals surface area contributed by atoms with Gasteiger partial charge in [0, 0.05) is 6.07 Å². The first-order valence-corrected chi connectivity index (χ1v) is 11.4. The van der Waals surface area contributed by atoms with Crippen LogP contribution < -0.4 is 9.04 Å². The van der Waals surface area contributed by atoms with E-state index in [1.165, 1.54) is 12.4 Å². The molecule has 0 atom stereocenters. The van der Waals surface area contributed by atoms with E-state index in [9.17, 15) is 26.0 Å². The van der Waals surface area contributed by atoms with Crippen LogP contribution in [-0.2, 0) is 16.6 Å². The van der Waals surface area contributed by atoms with Gasteiger partial charge in [-0.05, 0) is 5.92 Å². The number of alkyl halides is 4. The molecule has 9 nitrogen and oxygen atoms in total. The zero-order chi connectivity index (χ0) is 23.5. The van der Waals surface area contributed by atoms with Crippen LogP contribution in [-0.4, -0.2) is 40.9 Å². The Morgan fingerprint density at radius 1 is 1.16 bits per heavy atom. The van der Waals surface area contributed by atoms with Crippen LogP contribution in [0.1, 0.15) is 31.2 Å². The zero-order valence-electron chi connectivity index (χ0n) is 16.7. The van der Waals surface area contributed by atoms with Gasteiger partial charge in [0.15, 0.2) is 0 Å². The molecule has 174 valence electrons. The molecular formula is C17H17F4N5O4S2. The highest BCUT2D eigenvalue weighted by Crippen LogP contribution is 2.31. The third-order valence-corrected chi connectivity index (χ3v) is 6.83. The van der Waals surface area contributed by atoms with E-state index >= 15 is 0 Å². The van der Waals surface area contributed by atoms with E-state index in [0.717, 1.165) is 27.9 Å². The second-order valence-electron chi connectivity index (χ2n) is 6.80. The van der Waals surface area contributed by atoms with Crippen molar-refractivity contribution in [2.45, 2.75) is 33.4 Å².